The summed E-state index contributed by atoms with van der Waals surface area (Å²) < 4.78 is 173. The van der Waals surface area contributed by atoms with E-state index in [1.165, 1.54) is 79.1 Å². The number of carbonyl (C=O) groups is 7. The number of phenolic OH excluding ortho intramolecular Hbond substituents is 2. The molecule has 8 saturated heterocycles. The fraction of sp³-hybridized carbons (Fsp3) is 0.587. The number of piperidine rings is 8. The lowest BCUT2D eigenvalue weighted by Gasteiger charge is -2.34. The number of carboxylic acid groups (broad SMARTS) is 1. The van der Waals surface area contributed by atoms with Crippen LogP contribution >= 0.6 is 0 Å². The molecule has 0 radical (unpaired) electrons. The molecule has 8 heterocycles. The Morgan fingerprint density at radius 3 is 0.889 bits per heavy atom. The van der Waals surface area contributed by atoms with Crippen molar-refractivity contribution in [3.05, 3.63) is 157 Å². The van der Waals surface area contributed by atoms with Gasteiger partial charge in [-0.05, 0) is 365 Å². The number of benzene rings is 6. The number of alkyl halides is 12. The minimum absolute atomic E-state index is 0.0112. The maximum absolute atomic E-state index is 12.7. The van der Waals surface area contributed by atoms with Crippen LogP contribution in [0, 0.1) is 47.3 Å². The summed E-state index contributed by atoms with van der Waals surface area (Å²) in [5, 5.41) is 39.7. The third-order valence-electron chi connectivity index (χ3n) is 26.4. The van der Waals surface area contributed by atoms with Gasteiger partial charge in [-0.3, -0.25) is 28.9 Å². The number of aldehydes is 1. The molecule has 6 aromatic carbocycles. The molecule has 144 heavy (non-hydrogen) atoms. The van der Waals surface area contributed by atoms with E-state index in [4.69, 9.17) is 25.4 Å². The average molecular weight is 2040 g/mol. The molecule has 14 rings (SSSR count). The Kier molecular flexibility index (Phi) is 45.3. The highest BCUT2D eigenvalue weighted by atomic mass is 19.4. The second kappa shape index (κ2) is 56.2. The van der Waals surface area contributed by atoms with Crippen molar-refractivity contribution < 1.29 is 130 Å². The number of nitrogens with two attached hydrogens (primary N) is 1. The summed E-state index contributed by atoms with van der Waals surface area (Å²) in [6.45, 7) is 27.5. The molecular formula is C104H142F12N12O16. The summed E-state index contributed by atoms with van der Waals surface area (Å²) >= 11 is 0. The molecule has 0 spiro atoms. The zero-order valence-corrected chi connectivity index (χ0v) is 82.9. The molecule has 0 saturated carbocycles. The Labute approximate surface area is 835 Å². The number of carbonyl (C=O) groups excluding carboxylic acids is 6. The lowest BCUT2D eigenvalue weighted by molar-refractivity contribution is -0.275. The van der Waals surface area contributed by atoms with Gasteiger partial charge < -0.3 is 100 Å². The van der Waals surface area contributed by atoms with E-state index in [1.807, 2.05) is 58.6 Å². The second-order valence-corrected chi connectivity index (χ2v) is 39.5. The highest BCUT2D eigenvalue weighted by Gasteiger charge is 2.38. The topological polar surface area (TPSA) is 332 Å². The standard InChI is InChI=1S/C27H34F3N3O3.C25H36F3N3O4.C20H28F3N3O2.C13H14F3NO3.C12H24N2O2.C7H6O2/c28-27(29,30)36-25-7-3-23(4-8-25)33-17-12-22(13-18-33)26(35)31-14-9-20-10-15-32(16-11-20)19-21-1-5-24(34)6-2-21;1-24(2,3)35-23(33)31-14-9-18(10-15-31)8-13-29-22(32)19-11-16-30(17-12-19)20-4-6-21(7-5-20)34-25(26,27)28;21-20(22,23)28-18-3-1-17(2-4-18)26-13-8-16(9-14-26)19(27)25-12-7-15-5-10-24-11-6-15;14-13(15,16)20-11-3-1-10(2-4-11)17-7-5-9(6-8-17)12(18)19;1-12(2,3)16-11(15)14-8-5-10(4-7-13)6-9-14;8-5-6-1-3-7(9)4-2-6/h1-8,20,22,34H,9-19H2,(H,31,35);4-7,18-19H,8-17H2,1-3H3,(H,29,32);1-4,15-16,24H,5-14H2,(H,25,27);1-4,9H,5-8H2,(H,18,19);10H,4-9,13H2,1-3H3;1-5,9H. The fourth-order valence-corrected chi connectivity index (χ4v) is 18.4. The first kappa shape index (κ1) is 116. The molecule has 8 aliphatic rings. The van der Waals surface area contributed by atoms with E-state index in [0.717, 1.165) is 178 Å². The van der Waals surface area contributed by atoms with Gasteiger partial charge in [-0.25, -0.2) is 9.59 Å². The van der Waals surface area contributed by atoms with Crippen LogP contribution in [0.3, 0.4) is 0 Å². The second-order valence-electron chi connectivity index (χ2n) is 39.5. The number of hydrogen-bond donors (Lipinski definition) is 8. The Bertz CT molecular complexity index is 4810. The molecular weight excluding hydrogens is 1900 g/mol. The minimum atomic E-state index is -4.70. The normalized spacial score (nSPS) is 17.8. The average Bonchev–Trinajstić information content (AvgIpc) is 0.843. The first-order valence-electron chi connectivity index (χ1n) is 49.7. The quantitative estimate of drug-likeness (QED) is 0.0185. The molecule has 0 aliphatic carbocycles. The van der Waals surface area contributed by atoms with Crippen molar-refractivity contribution in [1.82, 2.24) is 36.0 Å². The molecule has 6 aromatic rings. The van der Waals surface area contributed by atoms with Crippen LogP contribution in [0.25, 0.3) is 0 Å². The molecule has 8 fully saturated rings. The minimum Gasteiger partial charge on any atom is -0.508 e. The molecule has 0 atom stereocenters. The molecule has 28 nitrogen and oxygen atoms in total. The van der Waals surface area contributed by atoms with Gasteiger partial charge in [-0.15, -0.1) is 52.7 Å². The van der Waals surface area contributed by atoms with E-state index in [9.17, 15) is 91.4 Å². The Hall–Kier alpha value is -11.6. The van der Waals surface area contributed by atoms with Gasteiger partial charge in [0.15, 0.2) is 0 Å². The molecule has 5 amide bonds. The largest absolute Gasteiger partial charge is 0.573 e. The van der Waals surface area contributed by atoms with Gasteiger partial charge in [0.05, 0.1) is 5.92 Å². The van der Waals surface area contributed by atoms with Crippen molar-refractivity contribution in [2.24, 2.45) is 53.1 Å². The highest BCUT2D eigenvalue weighted by molar-refractivity contribution is 5.80. The van der Waals surface area contributed by atoms with Gasteiger partial charge in [-0.1, -0.05) is 12.1 Å². The monoisotopic (exact) mass is 2040 g/mol. The number of rotatable bonds is 26. The summed E-state index contributed by atoms with van der Waals surface area (Å²) in [6, 6.07) is 36.6. The molecule has 798 valence electrons. The molecule has 9 N–H and O–H groups in total. The van der Waals surface area contributed by atoms with Crippen LogP contribution in [0.15, 0.2) is 146 Å². The third kappa shape index (κ3) is 43.8. The summed E-state index contributed by atoms with van der Waals surface area (Å²) in [6.07, 6.45) is -0.554. The number of hydrogen-bond acceptors (Lipinski definition) is 22. The molecule has 0 bridgehead atoms. The number of aliphatic carboxylic acids is 1. The third-order valence-corrected chi connectivity index (χ3v) is 26.4. The van der Waals surface area contributed by atoms with Gasteiger partial charge in [0.1, 0.15) is 52.0 Å². The van der Waals surface area contributed by atoms with Gasteiger partial charge in [-0.2, -0.15) is 0 Å². The van der Waals surface area contributed by atoms with Gasteiger partial charge >= 0.3 is 43.6 Å². The number of carboxylic acids is 1. The van der Waals surface area contributed by atoms with E-state index >= 15 is 0 Å². The predicted molar refractivity (Wildman–Crippen MR) is 523 cm³/mol. The van der Waals surface area contributed by atoms with Crippen LogP contribution in [0.5, 0.6) is 34.5 Å². The lowest BCUT2D eigenvalue weighted by atomic mass is 9.92. The van der Waals surface area contributed by atoms with Crippen LogP contribution in [0.4, 0.5) is 85.0 Å². The number of nitrogens with zero attached hydrogens (tertiary/aromatic N) is 7. The summed E-state index contributed by atoms with van der Waals surface area (Å²) in [4.78, 5) is 96.7. The smallest absolute Gasteiger partial charge is 0.508 e. The van der Waals surface area contributed by atoms with E-state index in [-0.39, 0.29) is 82.3 Å². The van der Waals surface area contributed by atoms with Crippen molar-refractivity contribution in [3.8, 4) is 34.5 Å². The zero-order valence-electron chi connectivity index (χ0n) is 82.9. The highest BCUT2D eigenvalue weighted by Crippen LogP contribution is 2.36. The number of nitrogens with one attached hydrogen (secondary N) is 4. The Morgan fingerprint density at radius 1 is 0.361 bits per heavy atom. The first-order chi connectivity index (χ1) is 68.1. The molecule has 8 aliphatic heterocycles. The van der Waals surface area contributed by atoms with Gasteiger partial charge in [0.2, 0.25) is 17.7 Å². The maximum Gasteiger partial charge on any atom is 0.573 e. The number of phenols is 2. The van der Waals surface area contributed by atoms with Crippen LogP contribution in [-0.2, 0) is 35.2 Å². The zero-order chi connectivity index (χ0) is 105. The summed E-state index contributed by atoms with van der Waals surface area (Å²) in [5.41, 5.74) is 9.68. The van der Waals surface area contributed by atoms with Crippen molar-refractivity contribution in [3.63, 3.8) is 0 Å². The SMILES string of the molecule is CC(C)(C)OC(=O)N1CCC(CCN)CC1.CC(C)(C)OC(=O)N1CCC(CCNC(=O)C2CCN(c3ccc(OC(F)(F)F)cc3)CC2)CC1.O=C(NCCC1CCN(Cc2ccc(O)cc2)CC1)C1CCN(c2ccc(OC(F)(F)F)cc2)CC1.O=C(NCCC1CCNCC1)C1CCN(c2ccc(OC(F)(F)F)cc2)CC1.O=C(O)C1CCN(c2ccc(OC(F)(F)F)cc2)CC1.O=Cc1ccc(O)cc1. The van der Waals surface area contributed by atoms with Crippen LogP contribution < -0.4 is 65.5 Å². The number of ether oxygens (including phenoxy) is 6. The Morgan fingerprint density at radius 2 is 0.625 bits per heavy atom. The van der Waals surface area contributed by atoms with E-state index in [2.05, 4.69) is 59.8 Å². The number of halogens is 12. The molecule has 40 heteroatoms. The summed E-state index contributed by atoms with van der Waals surface area (Å²) in [7, 11) is 0. The fourth-order valence-electron chi connectivity index (χ4n) is 18.4. The van der Waals surface area contributed by atoms with E-state index < -0.39 is 42.6 Å². The van der Waals surface area contributed by atoms with Crippen molar-refractivity contribution in [1.29, 1.82) is 0 Å². The number of amides is 5. The maximum atomic E-state index is 12.7. The summed E-state index contributed by atoms with van der Waals surface area (Å²) in [5.74, 6) is 1.07. The first-order valence-corrected chi connectivity index (χ1v) is 49.7. The molecule has 0 aromatic heterocycles. The molecule has 0 unspecified atom stereocenters. The van der Waals surface area contributed by atoms with Crippen molar-refractivity contribution in [2.75, 3.05) is 150 Å². The van der Waals surface area contributed by atoms with Crippen LogP contribution in [0.2, 0.25) is 0 Å². The predicted octanol–water partition coefficient (Wildman–Crippen LogP) is 19.3. The van der Waals surface area contributed by atoms with Crippen molar-refractivity contribution >= 4 is 64.9 Å². The van der Waals surface area contributed by atoms with Crippen LogP contribution in [-0.4, -0.2) is 240 Å². The van der Waals surface area contributed by atoms with Crippen molar-refractivity contribution in [2.45, 2.75) is 213 Å². The lowest BCUT2D eigenvalue weighted by Crippen LogP contribution is -2.43. The van der Waals surface area contributed by atoms with Crippen LogP contribution in [0.1, 0.15) is 186 Å². The van der Waals surface area contributed by atoms with Gasteiger partial charge in [0.25, 0.3) is 0 Å². The number of likely N-dealkylation sites (tertiary alicyclic amines) is 3. The van der Waals surface area contributed by atoms with Gasteiger partial charge in [0, 0.05) is 151 Å². The Balaban J connectivity index is 0.000000201. The van der Waals surface area contributed by atoms with E-state index in [1.54, 1.807) is 82.6 Å². The number of aromatic hydroxyl groups is 2. The van der Waals surface area contributed by atoms with E-state index in [0.29, 0.717) is 139 Å². The number of anilines is 4.